The number of hydrogen-bond donors (Lipinski definition) is 2. The van der Waals surface area contributed by atoms with Crippen LogP contribution in [0.2, 0.25) is 0 Å². The van der Waals surface area contributed by atoms with Crippen molar-refractivity contribution in [3.05, 3.63) is 64.6 Å². The average molecular weight is 300 g/mol. The van der Waals surface area contributed by atoms with Gasteiger partial charge in [0.1, 0.15) is 11.5 Å². The third-order valence-electron chi connectivity index (χ3n) is 2.80. The predicted molar refractivity (Wildman–Crippen MR) is 74.1 cm³/mol. The lowest BCUT2D eigenvalue weighted by Gasteiger charge is -2.05. The molecule has 0 unspecified atom stereocenters. The molecule has 0 aliphatic rings. The van der Waals surface area contributed by atoms with Crippen LogP contribution in [0.4, 0.5) is 10.1 Å². The van der Waals surface area contributed by atoms with Crippen LogP contribution >= 0.6 is 0 Å². The molecule has 2 aromatic heterocycles. The van der Waals surface area contributed by atoms with Gasteiger partial charge in [-0.2, -0.15) is 4.68 Å². The number of nitrogens with one attached hydrogen (secondary N) is 2. The van der Waals surface area contributed by atoms with Crippen LogP contribution in [0.1, 0.15) is 10.5 Å². The lowest BCUT2D eigenvalue weighted by molar-refractivity contribution is 0.102. The Hall–Kier alpha value is -3.36. The van der Waals surface area contributed by atoms with Gasteiger partial charge in [0, 0.05) is 5.69 Å². The largest absolute Gasteiger partial charge is 0.365 e. The number of amides is 1. The van der Waals surface area contributed by atoms with Crippen LogP contribution < -0.4 is 11.0 Å². The van der Waals surface area contributed by atoms with Gasteiger partial charge in [0.2, 0.25) is 0 Å². The fourth-order valence-electron chi connectivity index (χ4n) is 1.76. The SMILES string of the molecule is O=C(Nc1ccc(-n2nn[nH]c2=O)cc1)c1ccc(F)cn1. The number of rotatable bonds is 3. The highest BCUT2D eigenvalue weighted by Gasteiger charge is 2.08. The zero-order valence-electron chi connectivity index (χ0n) is 11.0. The summed E-state index contributed by atoms with van der Waals surface area (Å²) in [5.41, 5.74) is 0.624. The van der Waals surface area contributed by atoms with Crippen LogP contribution in [0.15, 0.2) is 47.4 Å². The van der Waals surface area contributed by atoms with E-state index in [1.807, 2.05) is 0 Å². The minimum absolute atomic E-state index is 0.0956. The molecule has 2 N–H and O–H groups in total. The number of carbonyl (C=O) groups excluding carboxylic acids is 1. The van der Waals surface area contributed by atoms with Gasteiger partial charge in [-0.1, -0.05) is 0 Å². The third kappa shape index (κ3) is 2.73. The Morgan fingerprint density at radius 3 is 2.55 bits per heavy atom. The molecular formula is C13H9FN6O2. The monoisotopic (exact) mass is 300 g/mol. The van der Waals surface area contributed by atoms with Crippen molar-refractivity contribution >= 4 is 11.6 Å². The summed E-state index contributed by atoms with van der Waals surface area (Å²) in [6.07, 6.45) is 0.967. The average Bonchev–Trinajstić information content (AvgIpc) is 2.95. The molecule has 3 rings (SSSR count). The maximum atomic E-state index is 12.8. The molecule has 1 amide bonds. The molecule has 0 aliphatic heterocycles. The normalized spacial score (nSPS) is 10.4. The van der Waals surface area contributed by atoms with Crippen molar-refractivity contribution in [3.8, 4) is 5.69 Å². The Labute approximate surface area is 122 Å². The van der Waals surface area contributed by atoms with E-state index in [9.17, 15) is 14.0 Å². The number of nitrogens with zero attached hydrogens (tertiary/aromatic N) is 4. The highest BCUT2D eigenvalue weighted by molar-refractivity contribution is 6.02. The van der Waals surface area contributed by atoms with E-state index in [0.29, 0.717) is 11.4 Å². The molecule has 0 saturated heterocycles. The van der Waals surface area contributed by atoms with Gasteiger partial charge in [0.15, 0.2) is 0 Å². The van der Waals surface area contributed by atoms with Gasteiger partial charge in [-0.25, -0.2) is 19.3 Å². The van der Waals surface area contributed by atoms with Crippen LogP contribution in [-0.4, -0.2) is 31.1 Å². The summed E-state index contributed by atoms with van der Waals surface area (Å²) in [5.74, 6) is -0.981. The fourth-order valence-corrected chi connectivity index (χ4v) is 1.76. The Morgan fingerprint density at radius 1 is 1.18 bits per heavy atom. The minimum Gasteiger partial charge on any atom is -0.321 e. The molecule has 0 bridgehead atoms. The number of aromatic amines is 1. The summed E-state index contributed by atoms with van der Waals surface area (Å²) < 4.78 is 13.8. The van der Waals surface area contributed by atoms with E-state index in [1.165, 1.54) is 6.07 Å². The molecule has 22 heavy (non-hydrogen) atoms. The van der Waals surface area contributed by atoms with Gasteiger partial charge >= 0.3 is 5.69 Å². The highest BCUT2D eigenvalue weighted by Crippen LogP contribution is 2.12. The van der Waals surface area contributed by atoms with Crippen LogP contribution in [0, 0.1) is 5.82 Å². The number of aromatic nitrogens is 5. The van der Waals surface area contributed by atoms with Crippen molar-refractivity contribution < 1.29 is 9.18 Å². The fraction of sp³-hybridized carbons (Fsp3) is 0. The van der Waals surface area contributed by atoms with Gasteiger partial charge in [-0.05, 0) is 46.8 Å². The summed E-state index contributed by atoms with van der Waals surface area (Å²) in [6, 6.07) is 8.82. The number of H-pyrrole nitrogens is 1. The van der Waals surface area contributed by atoms with Crippen LogP contribution in [0.5, 0.6) is 0 Å². The van der Waals surface area contributed by atoms with E-state index in [0.717, 1.165) is 16.9 Å². The van der Waals surface area contributed by atoms with E-state index in [-0.39, 0.29) is 5.69 Å². The van der Waals surface area contributed by atoms with Gasteiger partial charge in [-0.3, -0.25) is 4.79 Å². The van der Waals surface area contributed by atoms with Crippen LogP contribution in [0.25, 0.3) is 5.69 Å². The zero-order valence-corrected chi connectivity index (χ0v) is 11.0. The number of pyridine rings is 1. The van der Waals surface area contributed by atoms with E-state index in [2.05, 4.69) is 25.8 Å². The zero-order chi connectivity index (χ0) is 15.5. The standard InChI is InChI=1S/C13H9FN6O2/c14-8-1-6-11(15-7-8)12(21)16-9-2-4-10(5-3-9)20-13(22)17-18-19-20/h1-7H,(H,16,21)(H,17,19,22). The van der Waals surface area contributed by atoms with E-state index in [1.54, 1.807) is 24.3 Å². The lowest BCUT2D eigenvalue weighted by atomic mass is 10.2. The van der Waals surface area contributed by atoms with Crippen molar-refractivity contribution in [1.29, 1.82) is 0 Å². The molecule has 1 aromatic carbocycles. The Kier molecular flexibility index (Phi) is 3.44. The number of carbonyl (C=O) groups is 1. The Balaban J connectivity index is 1.76. The molecule has 8 nitrogen and oxygen atoms in total. The summed E-state index contributed by atoms with van der Waals surface area (Å²) in [5, 5.41) is 11.8. The first kappa shape index (κ1) is 13.6. The number of hydrogen-bond acceptors (Lipinski definition) is 5. The molecule has 3 aromatic rings. The molecule has 110 valence electrons. The molecule has 0 spiro atoms. The molecular weight excluding hydrogens is 291 g/mol. The minimum atomic E-state index is -0.515. The molecule has 0 saturated carbocycles. The third-order valence-corrected chi connectivity index (χ3v) is 2.80. The second-order valence-corrected chi connectivity index (χ2v) is 4.28. The lowest BCUT2D eigenvalue weighted by Crippen LogP contribution is -2.16. The van der Waals surface area contributed by atoms with Gasteiger partial charge < -0.3 is 5.32 Å². The van der Waals surface area contributed by atoms with Crippen molar-refractivity contribution in [2.24, 2.45) is 0 Å². The first-order chi connectivity index (χ1) is 10.6. The maximum absolute atomic E-state index is 12.8. The van der Waals surface area contributed by atoms with E-state index >= 15 is 0 Å². The molecule has 0 atom stereocenters. The predicted octanol–water partition coefficient (Wildman–Crippen LogP) is 0.742. The Bertz CT molecular complexity index is 853. The molecule has 2 heterocycles. The van der Waals surface area contributed by atoms with Gasteiger partial charge in [-0.15, -0.1) is 0 Å². The molecule has 0 aliphatic carbocycles. The smallest absolute Gasteiger partial charge is 0.321 e. The second kappa shape index (κ2) is 5.56. The topological polar surface area (TPSA) is 106 Å². The number of halogens is 1. The van der Waals surface area contributed by atoms with Gasteiger partial charge in [0.05, 0.1) is 11.9 Å². The van der Waals surface area contributed by atoms with E-state index < -0.39 is 17.4 Å². The number of anilines is 1. The quantitative estimate of drug-likeness (QED) is 0.742. The summed E-state index contributed by atoms with van der Waals surface area (Å²) in [6.45, 7) is 0. The molecule has 0 fully saturated rings. The van der Waals surface area contributed by atoms with Crippen molar-refractivity contribution in [3.63, 3.8) is 0 Å². The van der Waals surface area contributed by atoms with Gasteiger partial charge in [0.25, 0.3) is 5.91 Å². The maximum Gasteiger partial charge on any atom is 0.365 e. The van der Waals surface area contributed by atoms with Crippen molar-refractivity contribution in [2.75, 3.05) is 5.32 Å². The first-order valence-corrected chi connectivity index (χ1v) is 6.17. The molecule has 9 heteroatoms. The Morgan fingerprint density at radius 2 is 1.95 bits per heavy atom. The van der Waals surface area contributed by atoms with Crippen molar-refractivity contribution in [1.82, 2.24) is 25.2 Å². The van der Waals surface area contributed by atoms with E-state index in [4.69, 9.17) is 0 Å². The van der Waals surface area contributed by atoms with Crippen LogP contribution in [0.3, 0.4) is 0 Å². The summed E-state index contributed by atoms with van der Waals surface area (Å²) in [7, 11) is 0. The van der Waals surface area contributed by atoms with Crippen molar-refractivity contribution in [2.45, 2.75) is 0 Å². The second-order valence-electron chi connectivity index (χ2n) is 4.28. The number of tetrazole rings is 1. The summed E-state index contributed by atoms with van der Waals surface area (Å²) >= 11 is 0. The highest BCUT2D eigenvalue weighted by atomic mass is 19.1. The summed E-state index contributed by atoms with van der Waals surface area (Å²) in [4.78, 5) is 27.0. The van der Waals surface area contributed by atoms with Crippen LogP contribution in [-0.2, 0) is 0 Å². The number of benzene rings is 1. The molecule has 0 radical (unpaired) electrons. The first-order valence-electron chi connectivity index (χ1n) is 6.17.